The van der Waals surface area contributed by atoms with Crippen LogP contribution in [0.25, 0.3) is 0 Å². The number of alkyl halides is 1. The first kappa shape index (κ1) is 11.0. The van der Waals surface area contributed by atoms with Gasteiger partial charge in [-0.3, -0.25) is 0 Å². The molecule has 1 aromatic carbocycles. The van der Waals surface area contributed by atoms with Gasteiger partial charge in [-0.25, -0.2) is 4.39 Å². The summed E-state index contributed by atoms with van der Waals surface area (Å²) < 4.78 is 14.2. The van der Waals surface area contributed by atoms with E-state index in [0.29, 0.717) is 28.0 Å². The van der Waals surface area contributed by atoms with Gasteiger partial charge < -0.3 is 5.73 Å². The van der Waals surface area contributed by atoms with Gasteiger partial charge >= 0.3 is 0 Å². The Morgan fingerprint density at radius 2 is 2.23 bits per heavy atom. The third-order valence-electron chi connectivity index (χ3n) is 1.73. The molecule has 2 N–H and O–H groups in total. The largest absolute Gasteiger partial charge is 0.330 e. The Bertz CT molecular complexity index is 273. The van der Waals surface area contributed by atoms with Crippen molar-refractivity contribution in [2.75, 3.05) is 6.54 Å². The summed E-state index contributed by atoms with van der Waals surface area (Å²) in [4.78, 5) is 0. The fraction of sp³-hybridized carbons (Fsp3) is 0.333. The molecule has 1 aromatic rings. The van der Waals surface area contributed by atoms with Gasteiger partial charge in [-0.1, -0.05) is 33.6 Å². The van der Waals surface area contributed by atoms with Crippen LogP contribution in [-0.2, 0) is 0 Å². The van der Waals surface area contributed by atoms with Crippen LogP contribution in [0.2, 0.25) is 5.02 Å². The smallest absolute Gasteiger partial charge is 0.129 e. The summed E-state index contributed by atoms with van der Waals surface area (Å²) in [5.41, 5.74) is 5.76. The van der Waals surface area contributed by atoms with E-state index < -0.39 is 6.17 Å². The van der Waals surface area contributed by atoms with E-state index in [9.17, 15) is 4.39 Å². The number of benzene rings is 1. The zero-order valence-corrected chi connectivity index (χ0v) is 9.28. The van der Waals surface area contributed by atoms with Crippen molar-refractivity contribution in [1.82, 2.24) is 0 Å². The van der Waals surface area contributed by atoms with Gasteiger partial charge in [-0.2, -0.15) is 0 Å². The molecule has 0 aliphatic carbocycles. The molecular formula is C9H10BrClFN. The highest BCUT2D eigenvalue weighted by Crippen LogP contribution is 2.33. The van der Waals surface area contributed by atoms with Gasteiger partial charge in [0, 0.05) is 15.1 Å². The highest BCUT2D eigenvalue weighted by molar-refractivity contribution is 9.10. The van der Waals surface area contributed by atoms with Crippen LogP contribution in [0.3, 0.4) is 0 Å². The van der Waals surface area contributed by atoms with Crippen LogP contribution in [0, 0.1) is 0 Å². The number of rotatable bonds is 3. The van der Waals surface area contributed by atoms with Crippen LogP contribution >= 0.6 is 27.5 Å². The van der Waals surface area contributed by atoms with Crippen LogP contribution in [0.4, 0.5) is 4.39 Å². The average molecular weight is 267 g/mol. The Balaban J connectivity index is 2.98. The van der Waals surface area contributed by atoms with E-state index in [4.69, 9.17) is 17.3 Å². The zero-order chi connectivity index (χ0) is 9.84. The van der Waals surface area contributed by atoms with E-state index in [-0.39, 0.29) is 0 Å². The highest BCUT2D eigenvalue weighted by atomic mass is 79.9. The maximum Gasteiger partial charge on any atom is 0.129 e. The molecule has 0 fully saturated rings. The molecule has 0 saturated heterocycles. The predicted molar refractivity (Wildman–Crippen MR) is 56.7 cm³/mol. The molecule has 1 nitrogen and oxygen atoms in total. The van der Waals surface area contributed by atoms with Gasteiger partial charge in [0.2, 0.25) is 0 Å². The molecule has 1 unspecified atom stereocenters. The normalized spacial score (nSPS) is 12.9. The second-order valence-corrected chi connectivity index (χ2v) is 3.94. The van der Waals surface area contributed by atoms with Crippen molar-refractivity contribution in [2.24, 2.45) is 5.73 Å². The summed E-state index contributed by atoms with van der Waals surface area (Å²) in [5, 5.41) is 0.440. The minimum Gasteiger partial charge on any atom is -0.330 e. The van der Waals surface area contributed by atoms with Crippen LogP contribution in [0.1, 0.15) is 18.2 Å². The molecule has 0 aromatic heterocycles. The van der Waals surface area contributed by atoms with Gasteiger partial charge in [0.1, 0.15) is 6.17 Å². The van der Waals surface area contributed by atoms with Crippen molar-refractivity contribution in [3.8, 4) is 0 Å². The lowest BCUT2D eigenvalue weighted by molar-refractivity contribution is 0.326. The van der Waals surface area contributed by atoms with Crippen LogP contribution in [0.15, 0.2) is 22.7 Å². The molecule has 0 bridgehead atoms. The fourth-order valence-corrected chi connectivity index (χ4v) is 2.12. The van der Waals surface area contributed by atoms with Crippen molar-refractivity contribution in [3.63, 3.8) is 0 Å². The molecule has 0 saturated carbocycles. The van der Waals surface area contributed by atoms with E-state index in [1.807, 2.05) is 0 Å². The lowest BCUT2D eigenvalue weighted by Crippen LogP contribution is -2.04. The van der Waals surface area contributed by atoms with Gasteiger partial charge in [-0.15, -0.1) is 0 Å². The number of nitrogens with two attached hydrogens (primary N) is 1. The summed E-state index contributed by atoms with van der Waals surface area (Å²) in [6, 6.07) is 5.21. The van der Waals surface area contributed by atoms with Gasteiger partial charge in [-0.05, 0) is 25.1 Å². The first-order chi connectivity index (χ1) is 6.16. The molecular weight excluding hydrogens is 256 g/mol. The first-order valence-electron chi connectivity index (χ1n) is 3.95. The molecule has 0 radical (unpaired) electrons. The fourth-order valence-electron chi connectivity index (χ4n) is 1.10. The summed E-state index contributed by atoms with van der Waals surface area (Å²) in [6.45, 7) is 0.318. The predicted octanol–water partition coefficient (Wildman–Crippen LogP) is 3.46. The number of hydrogen-bond acceptors (Lipinski definition) is 1. The molecule has 0 aliphatic heterocycles. The molecule has 1 rings (SSSR count). The summed E-state index contributed by atoms with van der Waals surface area (Å²) in [6.07, 6.45) is -0.796. The van der Waals surface area contributed by atoms with E-state index >= 15 is 0 Å². The topological polar surface area (TPSA) is 26.0 Å². The minimum atomic E-state index is -1.09. The second-order valence-electron chi connectivity index (χ2n) is 2.68. The molecule has 4 heteroatoms. The Morgan fingerprint density at radius 3 is 2.77 bits per heavy atom. The van der Waals surface area contributed by atoms with E-state index in [0.717, 1.165) is 0 Å². The summed E-state index contributed by atoms with van der Waals surface area (Å²) in [5.74, 6) is 0. The van der Waals surface area contributed by atoms with E-state index in [1.54, 1.807) is 18.2 Å². The molecule has 0 aliphatic rings. The average Bonchev–Trinajstić information content (AvgIpc) is 2.04. The van der Waals surface area contributed by atoms with E-state index in [2.05, 4.69) is 15.9 Å². The minimum absolute atomic E-state index is 0.294. The molecule has 0 spiro atoms. The first-order valence-corrected chi connectivity index (χ1v) is 5.12. The lowest BCUT2D eigenvalue weighted by Gasteiger charge is -2.10. The lowest BCUT2D eigenvalue weighted by atomic mass is 10.1. The quantitative estimate of drug-likeness (QED) is 0.891. The van der Waals surface area contributed by atoms with Crippen molar-refractivity contribution >= 4 is 27.5 Å². The van der Waals surface area contributed by atoms with Gasteiger partial charge in [0.05, 0.1) is 0 Å². The molecule has 0 heterocycles. The third-order valence-corrected chi connectivity index (χ3v) is 2.75. The van der Waals surface area contributed by atoms with Crippen LogP contribution < -0.4 is 5.73 Å². The third kappa shape index (κ3) is 2.66. The Morgan fingerprint density at radius 1 is 1.54 bits per heavy atom. The van der Waals surface area contributed by atoms with Gasteiger partial charge in [0.15, 0.2) is 0 Å². The van der Waals surface area contributed by atoms with Crippen molar-refractivity contribution in [1.29, 1.82) is 0 Å². The Labute approximate surface area is 90.2 Å². The number of hydrogen-bond donors (Lipinski definition) is 1. The maximum atomic E-state index is 13.5. The maximum absolute atomic E-state index is 13.5. The second kappa shape index (κ2) is 4.94. The molecule has 1 atom stereocenters. The van der Waals surface area contributed by atoms with Gasteiger partial charge in [0.25, 0.3) is 0 Å². The SMILES string of the molecule is NCCC(F)c1c(Cl)cccc1Br. The Hall–Kier alpha value is -0.120. The summed E-state index contributed by atoms with van der Waals surface area (Å²) >= 11 is 9.10. The van der Waals surface area contributed by atoms with Crippen molar-refractivity contribution in [2.45, 2.75) is 12.6 Å². The number of halogens is 3. The van der Waals surface area contributed by atoms with Crippen molar-refractivity contribution in [3.05, 3.63) is 33.3 Å². The van der Waals surface area contributed by atoms with Crippen molar-refractivity contribution < 1.29 is 4.39 Å². The van der Waals surface area contributed by atoms with E-state index in [1.165, 1.54) is 0 Å². The highest BCUT2D eigenvalue weighted by Gasteiger charge is 2.15. The zero-order valence-electron chi connectivity index (χ0n) is 6.93. The molecule has 13 heavy (non-hydrogen) atoms. The Kier molecular flexibility index (Phi) is 4.16. The molecule has 72 valence electrons. The standard InChI is InChI=1S/C9H10BrClFN/c10-6-2-1-3-7(11)9(6)8(12)4-5-13/h1-3,8H,4-5,13H2. The molecule has 0 amide bonds. The van der Waals surface area contributed by atoms with Crippen LogP contribution in [0.5, 0.6) is 0 Å². The monoisotopic (exact) mass is 265 g/mol. The van der Waals surface area contributed by atoms with Crippen LogP contribution in [-0.4, -0.2) is 6.54 Å². The summed E-state index contributed by atoms with van der Waals surface area (Å²) in [7, 11) is 0.